The molecule has 0 unspecified atom stereocenters. The maximum absolute atomic E-state index is 11.8. The number of hydrogen-bond acceptors (Lipinski definition) is 4. The van der Waals surface area contributed by atoms with Crippen LogP contribution >= 0.6 is 0 Å². The minimum Gasteiger partial charge on any atom is -0.463 e. The normalized spacial score (nSPS) is 17.4. The molecule has 20 heavy (non-hydrogen) atoms. The highest BCUT2D eigenvalue weighted by atomic mass is 16.6. The van der Waals surface area contributed by atoms with E-state index in [0.29, 0.717) is 13.0 Å². The maximum Gasteiger partial charge on any atom is 0.408 e. The van der Waals surface area contributed by atoms with Crippen molar-refractivity contribution in [3.05, 3.63) is 12.2 Å². The van der Waals surface area contributed by atoms with E-state index in [1.165, 1.54) is 6.08 Å². The summed E-state index contributed by atoms with van der Waals surface area (Å²) in [6.07, 6.45) is 6.27. The van der Waals surface area contributed by atoms with Gasteiger partial charge in [-0.2, -0.15) is 0 Å². The van der Waals surface area contributed by atoms with Gasteiger partial charge in [0.25, 0.3) is 0 Å². The minimum atomic E-state index is -0.504. The van der Waals surface area contributed by atoms with Gasteiger partial charge in [0.1, 0.15) is 5.60 Å². The Morgan fingerprint density at radius 3 is 2.40 bits per heavy atom. The Balaban J connectivity index is 2.47. The molecule has 5 nitrogen and oxygen atoms in total. The van der Waals surface area contributed by atoms with E-state index in [2.05, 4.69) is 5.32 Å². The molecule has 0 aromatic rings. The van der Waals surface area contributed by atoms with Gasteiger partial charge < -0.3 is 14.8 Å². The first-order chi connectivity index (χ1) is 9.26. The molecule has 5 heteroatoms. The fourth-order valence-electron chi connectivity index (χ4n) is 2.07. The summed E-state index contributed by atoms with van der Waals surface area (Å²) in [5.74, 6) is -0.348. The van der Waals surface area contributed by atoms with Gasteiger partial charge in [-0.05, 0) is 53.4 Å². The molecule has 0 saturated heterocycles. The number of carbonyl (C=O) groups excluding carboxylic acids is 2. The van der Waals surface area contributed by atoms with Crippen LogP contribution in [0.4, 0.5) is 4.79 Å². The first-order valence-corrected chi connectivity index (χ1v) is 7.11. The zero-order valence-corrected chi connectivity index (χ0v) is 12.8. The summed E-state index contributed by atoms with van der Waals surface area (Å²) in [4.78, 5) is 23.0. The minimum absolute atomic E-state index is 0.272. The number of hydrogen-bond donors (Lipinski definition) is 1. The van der Waals surface area contributed by atoms with E-state index >= 15 is 0 Å². The number of nitrogens with one attached hydrogen (secondary N) is 1. The SMILES string of the molecule is CCOC(=O)/C=C/CC1(NC(=O)OC(C)(C)C)CCC1. The molecule has 0 heterocycles. The first-order valence-electron chi connectivity index (χ1n) is 7.11. The second-order valence-corrected chi connectivity index (χ2v) is 6.12. The number of carbonyl (C=O) groups is 2. The van der Waals surface area contributed by atoms with Gasteiger partial charge in [0.2, 0.25) is 0 Å². The van der Waals surface area contributed by atoms with Crippen molar-refractivity contribution in [3.63, 3.8) is 0 Å². The molecular weight excluding hydrogens is 258 g/mol. The van der Waals surface area contributed by atoms with Crippen molar-refractivity contribution in [1.82, 2.24) is 5.32 Å². The van der Waals surface area contributed by atoms with E-state index in [-0.39, 0.29) is 11.5 Å². The summed E-state index contributed by atoms with van der Waals surface area (Å²) < 4.78 is 10.1. The zero-order chi connectivity index (χ0) is 15.2. The van der Waals surface area contributed by atoms with E-state index in [9.17, 15) is 9.59 Å². The molecule has 0 bridgehead atoms. The highest BCUT2D eigenvalue weighted by Crippen LogP contribution is 2.35. The van der Waals surface area contributed by atoms with Gasteiger partial charge in [-0.25, -0.2) is 9.59 Å². The largest absolute Gasteiger partial charge is 0.463 e. The average Bonchev–Trinajstić information content (AvgIpc) is 2.23. The van der Waals surface area contributed by atoms with Crippen molar-refractivity contribution in [2.24, 2.45) is 0 Å². The Labute approximate surface area is 120 Å². The van der Waals surface area contributed by atoms with Gasteiger partial charge in [0.05, 0.1) is 6.61 Å². The summed E-state index contributed by atoms with van der Waals surface area (Å²) in [6.45, 7) is 7.63. The zero-order valence-electron chi connectivity index (χ0n) is 12.8. The van der Waals surface area contributed by atoms with E-state index in [4.69, 9.17) is 9.47 Å². The van der Waals surface area contributed by atoms with Crippen molar-refractivity contribution >= 4 is 12.1 Å². The van der Waals surface area contributed by atoms with Crippen LogP contribution in [-0.4, -0.2) is 29.8 Å². The molecular formula is C15H25NO4. The summed E-state index contributed by atoms with van der Waals surface area (Å²) in [6, 6.07) is 0. The van der Waals surface area contributed by atoms with Crippen molar-refractivity contribution in [3.8, 4) is 0 Å². The van der Waals surface area contributed by atoms with E-state index < -0.39 is 11.7 Å². The number of amides is 1. The standard InChI is InChI=1S/C15H25NO4/c1-5-19-12(17)8-6-9-15(10-7-11-15)16-13(18)20-14(2,3)4/h6,8H,5,7,9-11H2,1-4H3,(H,16,18)/b8-6+. The van der Waals surface area contributed by atoms with Gasteiger partial charge in [-0.3, -0.25) is 0 Å². The molecule has 0 atom stereocenters. The lowest BCUT2D eigenvalue weighted by Gasteiger charge is -2.42. The maximum atomic E-state index is 11.8. The molecule has 0 radical (unpaired) electrons. The average molecular weight is 283 g/mol. The van der Waals surface area contributed by atoms with E-state index in [1.807, 2.05) is 20.8 Å². The molecule has 1 rings (SSSR count). The van der Waals surface area contributed by atoms with E-state index in [1.54, 1.807) is 13.0 Å². The van der Waals surface area contributed by atoms with Crippen LogP contribution in [-0.2, 0) is 14.3 Å². The van der Waals surface area contributed by atoms with Crippen molar-refractivity contribution in [1.29, 1.82) is 0 Å². The van der Waals surface area contributed by atoms with Gasteiger partial charge in [0.15, 0.2) is 0 Å². The lowest BCUT2D eigenvalue weighted by molar-refractivity contribution is -0.137. The molecule has 114 valence electrons. The second-order valence-electron chi connectivity index (χ2n) is 6.12. The molecule has 1 saturated carbocycles. The second kappa shape index (κ2) is 6.77. The van der Waals surface area contributed by atoms with Crippen LogP contribution in [0.2, 0.25) is 0 Å². The number of ether oxygens (including phenoxy) is 2. The topological polar surface area (TPSA) is 64.6 Å². The lowest BCUT2D eigenvalue weighted by atomic mass is 9.74. The molecule has 1 N–H and O–H groups in total. The molecule has 0 aromatic heterocycles. The fourth-order valence-corrected chi connectivity index (χ4v) is 2.07. The van der Waals surface area contributed by atoms with Crippen molar-refractivity contribution < 1.29 is 19.1 Å². The molecule has 1 aliphatic carbocycles. The highest BCUT2D eigenvalue weighted by Gasteiger charge is 2.38. The third-order valence-electron chi connectivity index (χ3n) is 3.13. The summed E-state index contributed by atoms with van der Waals surface area (Å²) >= 11 is 0. The van der Waals surface area contributed by atoms with Gasteiger partial charge in [-0.15, -0.1) is 0 Å². The Morgan fingerprint density at radius 2 is 1.95 bits per heavy atom. The third kappa shape index (κ3) is 5.63. The number of alkyl carbamates (subject to hydrolysis) is 1. The number of rotatable bonds is 5. The Kier molecular flexibility index (Phi) is 5.60. The molecule has 0 aromatic carbocycles. The van der Waals surface area contributed by atoms with Crippen LogP contribution in [0, 0.1) is 0 Å². The quantitative estimate of drug-likeness (QED) is 0.622. The van der Waals surface area contributed by atoms with Crippen molar-refractivity contribution in [2.45, 2.75) is 64.5 Å². The smallest absolute Gasteiger partial charge is 0.408 e. The first kappa shape index (κ1) is 16.5. The Bertz CT molecular complexity index is 378. The Hall–Kier alpha value is -1.52. The van der Waals surface area contributed by atoms with Crippen LogP contribution in [0.1, 0.15) is 53.4 Å². The predicted molar refractivity (Wildman–Crippen MR) is 76.3 cm³/mol. The molecule has 0 aliphatic heterocycles. The number of esters is 1. The van der Waals surface area contributed by atoms with Gasteiger partial charge in [-0.1, -0.05) is 6.08 Å². The van der Waals surface area contributed by atoms with Crippen LogP contribution < -0.4 is 5.32 Å². The predicted octanol–water partition coefficient (Wildman–Crippen LogP) is 2.94. The molecule has 1 aliphatic rings. The van der Waals surface area contributed by atoms with Crippen LogP contribution in [0.15, 0.2) is 12.2 Å². The monoisotopic (exact) mass is 283 g/mol. The van der Waals surface area contributed by atoms with Crippen LogP contribution in [0.25, 0.3) is 0 Å². The van der Waals surface area contributed by atoms with Gasteiger partial charge in [0, 0.05) is 11.6 Å². The third-order valence-corrected chi connectivity index (χ3v) is 3.13. The molecule has 1 fully saturated rings. The van der Waals surface area contributed by atoms with Gasteiger partial charge >= 0.3 is 12.1 Å². The summed E-state index contributed by atoms with van der Waals surface area (Å²) in [5.41, 5.74) is -0.777. The summed E-state index contributed by atoms with van der Waals surface area (Å²) in [5, 5.41) is 2.93. The van der Waals surface area contributed by atoms with Crippen molar-refractivity contribution in [2.75, 3.05) is 6.61 Å². The van der Waals surface area contributed by atoms with Crippen LogP contribution in [0.3, 0.4) is 0 Å². The van der Waals surface area contributed by atoms with Crippen LogP contribution in [0.5, 0.6) is 0 Å². The van der Waals surface area contributed by atoms with E-state index in [0.717, 1.165) is 19.3 Å². The molecule has 0 spiro atoms. The molecule has 1 amide bonds. The fraction of sp³-hybridized carbons (Fsp3) is 0.733. The summed E-state index contributed by atoms with van der Waals surface area (Å²) in [7, 11) is 0. The highest BCUT2D eigenvalue weighted by molar-refractivity contribution is 5.81. The Morgan fingerprint density at radius 1 is 1.30 bits per heavy atom. The lowest BCUT2D eigenvalue weighted by Crippen LogP contribution is -2.54.